The maximum Gasteiger partial charge on any atom is 0.343 e. The molecule has 0 saturated carbocycles. The molecule has 0 aromatic heterocycles. The molecule has 0 bridgehead atoms. The van der Waals surface area contributed by atoms with E-state index in [2.05, 4.69) is 11.8 Å². The van der Waals surface area contributed by atoms with Crippen molar-refractivity contribution >= 4 is 16.7 Å². The van der Waals surface area contributed by atoms with Crippen LogP contribution in [0.2, 0.25) is 0 Å². The first-order valence-corrected chi connectivity index (χ1v) is 6.55. The van der Waals surface area contributed by atoms with Gasteiger partial charge in [0.15, 0.2) is 5.76 Å². The molecule has 0 aliphatic heterocycles. The highest BCUT2D eigenvalue weighted by molar-refractivity contribution is 5.95. The molecular weight excluding hydrogens is 264 g/mol. The molecule has 2 rings (SSSR count). The van der Waals surface area contributed by atoms with E-state index in [9.17, 15) is 4.79 Å². The summed E-state index contributed by atoms with van der Waals surface area (Å²) in [5.41, 5.74) is 0.347. The molecular formula is C18H16O3. The maximum absolute atomic E-state index is 12.2. The molecule has 0 aliphatic carbocycles. The number of benzene rings is 2. The highest BCUT2D eigenvalue weighted by atomic mass is 16.5. The van der Waals surface area contributed by atoms with E-state index in [-0.39, 0.29) is 0 Å². The molecule has 0 atom stereocenters. The number of esters is 1. The Balaban J connectivity index is 2.36. The molecule has 0 saturated heterocycles. The standard InChI is InChI=1S/C18H16O3/c1-4-8-16(20-3)13(2)18(19)21-17-12-7-10-14-9-5-6-11-15(14)17/h5-7,9-12H,1-3H3/b16-13-. The summed E-state index contributed by atoms with van der Waals surface area (Å²) in [6.45, 7) is 3.32. The zero-order valence-corrected chi connectivity index (χ0v) is 12.3. The van der Waals surface area contributed by atoms with Gasteiger partial charge in [-0.2, -0.15) is 0 Å². The highest BCUT2D eigenvalue weighted by Gasteiger charge is 2.14. The Kier molecular flexibility index (Phi) is 4.63. The van der Waals surface area contributed by atoms with Gasteiger partial charge in [0.1, 0.15) is 5.75 Å². The predicted molar refractivity (Wildman–Crippen MR) is 82.7 cm³/mol. The third-order valence-corrected chi connectivity index (χ3v) is 3.04. The van der Waals surface area contributed by atoms with Gasteiger partial charge in [-0.05, 0) is 31.2 Å². The van der Waals surface area contributed by atoms with Crippen LogP contribution >= 0.6 is 0 Å². The lowest BCUT2D eigenvalue weighted by molar-refractivity contribution is -0.130. The van der Waals surface area contributed by atoms with Gasteiger partial charge in [-0.15, -0.1) is 0 Å². The predicted octanol–water partition coefficient (Wildman–Crippen LogP) is 3.69. The summed E-state index contributed by atoms with van der Waals surface area (Å²) in [7, 11) is 1.48. The number of carbonyl (C=O) groups excluding carboxylic acids is 1. The minimum atomic E-state index is -0.467. The number of hydrogen-bond donors (Lipinski definition) is 0. The second kappa shape index (κ2) is 6.62. The number of fused-ring (bicyclic) bond motifs is 1. The lowest BCUT2D eigenvalue weighted by Crippen LogP contribution is -2.12. The lowest BCUT2D eigenvalue weighted by atomic mass is 10.1. The molecule has 3 nitrogen and oxygen atoms in total. The fourth-order valence-electron chi connectivity index (χ4n) is 1.97. The van der Waals surface area contributed by atoms with Crippen LogP contribution in [-0.4, -0.2) is 13.1 Å². The van der Waals surface area contributed by atoms with Gasteiger partial charge < -0.3 is 9.47 Å². The van der Waals surface area contributed by atoms with Crippen molar-refractivity contribution in [2.24, 2.45) is 0 Å². The van der Waals surface area contributed by atoms with Crippen molar-refractivity contribution in [2.45, 2.75) is 13.8 Å². The third-order valence-electron chi connectivity index (χ3n) is 3.04. The molecule has 2 aromatic rings. The fraction of sp³-hybridized carbons (Fsp3) is 0.167. The van der Waals surface area contributed by atoms with Crippen molar-refractivity contribution in [3.8, 4) is 17.6 Å². The van der Waals surface area contributed by atoms with Crippen molar-refractivity contribution in [3.05, 3.63) is 53.8 Å². The normalized spacial score (nSPS) is 11.2. The summed E-state index contributed by atoms with van der Waals surface area (Å²) < 4.78 is 10.6. The molecule has 0 heterocycles. The topological polar surface area (TPSA) is 35.5 Å². The minimum Gasteiger partial charge on any atom is -0.488 e. The molecule has 3 heteroatoms. The van der Waals surface area contributed by atoms with Gasteiger partial charge in [0, 0.05) is 5.39 Å². The third kappa shape index (κ3) is 3.24. The Morgan fingerprint density at radius 2 is 1.81 bits per heavy atom. The summed E-state index contributed by atoms with van der Waals surface area (Å²) >= 11 is 0. The van der Waals surface area contributed by atoms with Gasteiger partial charge in [-0.1, -0.05) is 42.3 Å². The second-order valence-corrected chi connectivity index (χ2v) is 4.40. The quantitative estimate of drug-likeness (QED) is 0.283. The van der Waals surface area contributed by atoms with Crippen LogP contribution in [0.25, 0.3) is 10.8 Å². The van der Waals surface area contributed by atoms with E-state index in [1.807, 2.05) is 36.4 Å². The summed E-state index contributed by atoms with van der Waals surface area (Å²) in [6, 6.07) is 13.3. The fourth-order valence-corrected chi connectivity index (χ4v) is 1.97. The Labute approximate surface area is 124 Å². The van der Waals surface area contributed by atoms with Crippen LogP contribution in [0.1, 0.15) is 13.8 Å². The van der Waals surface area contributed by atoms with E-state index in [0.717, 1.165) is 10.8 Å². The van der Waals surface area contributed by atoms with Crippen molar-refractivity contribution in [3.63, 3.8) is 0 Å². The van der Waals surface area contributed by atoms with Crippen LogP contribution in [0.15, 0.2) is 53.8 Å². The van der Waals surface area contributed by atoms with E-state index in [1.54, 1.807) is 19.9 Å². The largest absolute Gasteiger partial charge is 0.488 e. The molecule has 0 aliphatic rings. The van der Waals surface area contributed by atoms with Gasteiger partial charge in [-0.25, -0.2) is 4.79 Å². The molecule has 0 unspecified atom stereocenters. The van der Waals surface area contributed by atoms with Gasteiger partial charge in [0.2, 0.25) is 0 Å². The average Bonchev–Trinajstić information content (AvgIpc) is 2.52. The van der Waals surface area contributed by atoms with E-state index >= 15 is 0 Å². The molecule has 0 fully saturated rings. The van der Waals surface area contributed by atoms with Crippen LogP contribution in [0.3, 0.4) is 0 Å². The summed E-state index contributed by atoms with van der Waals surface area (Å²) in [4.78, 5) is 12.2. The average molecular weight is 280 g/mol. The first-order valence-electron chi connectivity index (χ1n) is 6.55. The minimum absolute atomic E-state index is 0.322. The highest BCUT2D eigenvalue weighted by Crippen LogP contribution is 2.26. The number of ether oxygens (including phenoxy) is 2. The van der Waals surface area contributed by atoms with Crippen molar-refractivity contribution in [1.29, 1.82) is 0 Å². The van der Waals surface area contributed by atoms with Crippen LogP contribution in [0, 0.1) is 11.8 Å². The monoisotopic (exact) mass is 280 g/mol. The molecule has 2 aromatic carbocycles. The summed E-state index contributed by atoms with van der Waals surface area (Å²) in [5, 5.41) is 1.91. The van der Waals surface area contributed by atoms with Crippen LogP contribution in [-0.2, 0) is 9.53 Å². The Morgan fingerprint density at radius 1 is 1.10 bits per heavy atom. The summed E-state index contributed by atoms with van der Waals surface area (Å²) in [6.07, 6.45) is 0. The van der Waals surface area contributed by atoms with E-state index < -0.39 is 5.97 Å². The van der Waals surface area contributed by atoms with Crippen molar-refractivity contribution < 1.29 is 14.3 Å². The van der Waals surface area contributed by atoms with Gasteiger partial charge in [0.25, 0.3) is 0 Å². The Morgan fingerprint density at radius 3 is 2.52 bits per heavy atom. The zero-order valence-electron chi connectivity index (χ0n) is 12.3. The first kappa shape index (κ1) is 14.7. The number of carbonyl (C=O) groups is 1. The van der Waals surface area contributed by atoms with E-state index in [0.29, 0.717) is 17.1 Å². The van der Waals surface area contributed by atoms with Gasteiger partial charge in [-0.3, -0.25) is 0 Å². The number of hydrogen-bond acceptors (Lipinski definition) is 3. The van der Waals surface area contributed by atoms with Gasteiger partial charge in [0.05, 0.1) is 12.7 Å². The van der Waals surface area contributed by atoms with Crippen molar-refractivity contribution in [1.82, 2.24) is 0 Å². The molecule has 0 radical (unpaired) electrons. The molecule has 21 heavy (non-hydrogen) atoms. The van der Waals surface area contributed by atoms with E-state index in [4.69, 9.17) is 9.47 Å². The molecule has 106 valence electrons. The molecule has 0 spiro atoms. The Bertz CT molecular complexity index is 755. The second-order valence-electron chi connectivity index (χ2n) is 4.40. The Hall–Kier alpha value is -2.73. The molecule has 0 N–H and O–H groups in total. The number of methoxy groups -OCH3 is 1. The number of rotatable bonds is 3. The maximum atomic E-state index is 12.2. The van der Waals surface area contributed by atoms with Crippen LogP contribution < -0.4 is 4.74 Å². The number of allylic oxidation sites excluding steroid dienone is 1. The molecule has 0 amide bonds. The lowest BCUT2D eigenvalue weighted by Gasteiger charge is -2.09. The SMILES string of the molecule is CC#C/C(OC)=C(\C)C(=O)Oc1cccc2ccccc12. The van der Waals surface area contributed by atoms with Crippen LogP contribution in [0.5, 0.6) is 5.75 Å². The smallest absolute Gasteiger partial charge is 0.343 e. The van der Waals surface area contributed by atoms with Gasteiger partial charge >= 0.3 is 5.97 Å². The van der Waals surface area contributed by atoms with E-state index in [1.165, 1.54) is 7.11 Å². The first-order chi connectivity index (χ1) is 10.2. The summed E-state index contributed by atoms with van der Waals surface area (Å²) in [5.74, 6) is 5.83. The zero-order chi connectivity index (χ0) is 15.2. The van der Waals surface area contributed by atoms with Crippen LogP contribution in [0.4, 0.5) is 0 Å². The van der Waals surface area contributed by atoms with Crippen molar-refractivity contribution in [2.75, 3.05) is 7.11 Å².